The SMILES string of the molecule is C1=CN(c2cc(N3CCOCC3)n3nc(-c4cc[nH]n4)cc3n2)NC1c1ccccc1. The molecule has 0 aliphatic carbocycles. The first-order chi connectivity index (χ1) is 15.3. The number of aromatic amines is 1. The lowest BCUT2D eigenvalue weighted by Crippen LogP contribution is -2.38. The lowest BCUT2D eigenvalue weighted by atomic mass is 10.1. The molecule has 1 unspecified atom stereocenters. The van der Waals surface area contributed by atoms with Gasteiger partial charge in [0.15, 0.2) is 11.5 Å². The topological polar surface area (TPSA) is 86.6 Å². The minimum Gasteiger partial charge on any atom is -0.378 e. The van der Waals surface area contributed by atoms with Crippen LogP contribution in [0.3, 0.4) is 0 Å². The third kappa shape index (κ3) is 3.33. The third-order valence-corrected chi connectivity index (χ3v) is 5.60. The Hall–Kier alpha value is -3.69. The molecule has 5 heterocycles. The summed E-state index contributed by atoms with van der Waals surface area (Å²) < 4.78 is 7.45. The van der Waals surface area contributed by atoms with Crippen LogP contribution in [0.15, 0.2) is 67.0 Å². The van der Waals surface area contributed by atoms with E-state index in [0.717, 1.165) is 41.8 Å². The Bertz CT molecular complexity index is 1210. The van der Waals surface area contributed by atoms with Crippen molar-refractivity contribution in [1.29, 1.82) is 0 Å². The van der Waals surface area contributed by atoms with Crippen LogP contribution in [0.25, 0.3) is 17.0 Å². The predicted molar refractivity (Wildman–Crippen MR) is 118 cm³/mol. The van der Waals surface area contributed by atoms with Crippen molar-refractivity contribution >= 4 is 17.3 Å². The molecular formula is C22H22N8O. The number of H-pyrrole nitrogens is 1. The minimum atomic E-state index is 0.107. The van der Waals surface area contributed by atoms with E-state index < -0.39 is 0 Å². The van der Waals surface area contributed by atoms with Gasteiger partial charge in [-0.3, -0.25) is 10.1 Å². The van der Waals surface area contributed by atoms with E-state index in [1.54, 1.807) is 6.20 Å². The highest BCUT2D eigenvalue weighted by molar-refractivity contribution is 5.66. The van der Waals surface area contributed by atoms with E-state index in [2.05, 4.69) is 56.9 Å². The number of ether oxygens (including phenoxy) is 1. The monoisotopic (exact) mass is 414 g/mol. The molecule has 1 aromatic carbocycles. The first-order valence-corrected chi connectivity index (χ1v) is 10.4. The zero-order valence-corrected chi connectivity index (χ0v) is 16.8. The molecule has 3 aromatic heterocycles. The van der Waals surface area contributed by atoms with Gasteiger partial charge in [-0.05, 0) is 17.7 Å². The molecule has 6 rings (SSSR count). The van der Waals surface area contributed by atoms with Gasteiger partial charge in [0.2, 0.25) is 0 Å². The van der Waals surface area contributed by atoms with Crippen LogP contribution < -0.4 is 15.3 Å². The van der Waals surface area contributed by atoms with Gasteiger partial charge in [-0.25, -0.2) is 10.4 Å². The zero-order valence-electron chi connectivity index (χ0n) is 16.8. The third-order valence-electron chi connectivity index (χ3n) is 5.60. The molecule has 1 saturated heterocycles. The first kappa shape index (κ1) is 18.1. The summed E-state index contributed by atoms with van der Waals surface area (Å²) in [5, 5.41) is 13.9. The van der Waals surface area contributed by atoms with Gasteiger partial charge in [-0.15, -0.1) is 0 Å². The van der Waals surface area contributed by atoms with Crippen molar-refractivity contribution in [3.05, 3.63) is 72.6 Å². The Morgan fingerprint density at radius 2 is 1.87 bits per heavy atom. The van der Waals surface area contributed by atoms with Crippen LogP contribution in [0.1, 0.15) is 11.6 Å². The average Bonchev–Trinajstić information content (AvgIpc) is 3.60. The van der Waals surface area contributed by atoms with Crippen molar-refractivity contribution in [3.8, 4) is 11.4 Å². The van der Waals surface area contributed by atoms with Gasteiger partial charge in [0.05, 0.1) is 19.3 Å². The predicted octanol–water partition coefficient (Wildman–Crippen LogP) is 2.54. The Morgan fingerprint density at radius 3 is 2.68 bits per heavy atom. The Kier molecular flexibility index (Phi) is 4.40. The lowest BCUT2D eigenvalue weighted by Gasteiger charge is -2.29. The number of fused-ring (bicyclic) bond motifs is 1. The number of hydrogen-bond donors (Lipinski definition) is 2. The normalized spacial score (nSPS) is 18.9. The molecule has 2 aliphatic heterocycles. The van der Waals surface area contributed by atoms with E-state index in [0.29, 0.717) is 13.2 Å². The second kappa shape index (κ2) is 7.53. The molecule has 2 aliphatic rings. The number of nitrogens with one attached hydrogen (secondary N) is 2. The van der Waals surface area contributed by atoms with Gasteiger partial charge < -0.3 is 9.64 Å². The molecule has 9 nitrogen and oxygen atoms in total. The van der Waals surface area contributed by atoms with Crippen LogP contribution >= 0.6 is 0 Å². The fraction of sp³-hybridized carbons (Fsp3) is 0.227. The highest BCUT2D eigenvalue weighted by atomic mass is 16.5. The molecular weight excluding hydrogens is 392 g/mol. The molecule has 1 atom stereocenters. The van der Waals surface area contributed by atoms with E-state index in [1.165, 1.54) is 5.56 Å². The molecule has 0 spiro atoms. The standard InChI is InChI=1S/C22H22N8O/c1-2-4-16(5-3-1)17-7-9-29(26-17)20-15-22(28-10-12-31-13-11-28)30-21(24-20)14-19(27-30)18-6-8-23-25-18/h1-9,14-15,17,26H,10-13H2,(H,23,25). The number of hydrazine groups is 1. The zero-order chi connectivity index (χ0) is 20.6. The smallest absolute Gasteiger partial charge is 0.160 e. The maximum Gasteiger partial charge on any atom is 0.160 e. The summed E-state index contributed by atoms with van der Waals surface area (Å²) in [6.07, 6.45) is 5.97. The molecule has 0 bridgehead atoms. The fourth-order valence-electron chi connectivity index (χ4n) is 4.01. The van der Waals surface area contributed by atoms with E-state index in [4.69, 9.17) is 14.8 Å². The molecule has 4 aromatic rings. The number of aromatic nitrogens is 5. The van der Waals surface area contributed by atoms with Gasteiger partial charge in [0, 0.05) is 37.6 Å². The number of anilines is 2. The summed E-state index contributed by atoms with van der Waals surface area (Å²) in [7, 11) is 0. The quantitative estimate of drug-likeness (QED) is 0.531. The van der Waals surface area contributed by atoms with Gasteiger partial charge in [0.1, 0.15) is 17.2 Å². The fourth-order valence-corrected chi connectivity index (χ4v) is 4.01. The van der Waals surface area contributed by atoms with Crippen LogP contribution in [-0.4, -0.2) is 51.1 Å². The summed E-state index contributed by atoms with van der Waals surface area (Å²) in [4.78, 5) is 7.18. The van der Waals surface area contributed by atoms with Crippen molar-refractivity contribution < 1.29 is 4.74 Å². The summed E-state index contributed by atoms with van der Waals surface area (Å²) in [5.74, 6) is 1.81. The molecule has 9 heteroatoms. The Morgan fingerprint density at radius 1 is 1.00 bits per heavy atom. The van der Waals surface area contributed by atoms with Gasteiger partial charge in [-0.1, -0.05) is 30.3 Å². The summed E-state index contributed by atoms with van der Waals surface area (Å²) in [6.45, 7) is 3.02. The lowest BCUT2D eigenvalue weighted by molar-refractivity contribution is 0.122. The van der Waals surface area contributed by atoms with Gasteiger partial charge in [0.25, 0.3) is 0 Å². The highest BCUT2D eigenvalue weighted by Crippen LogP contribution is 2.29. The summed E-state index contributed by atoms with van der Waals surface area (Å²) in [6, 6.07) is 16.4. The van der Waals surface area contributed by atoms with Crippen molar-refractivity contribution in [2.45, 2.75) is 6.04 Å². The Labute approximate surface area is 178 Å². The van der Waals surface area contributed by atoms with Crippen LogP contribution in [0.5, 0.6) is 0 Å². The van der Waals surface area contributed by atoms with Crippen LogP contribution in [0.4, 0.5) is 11.6 Å². The molecule has 0 radical (unpaired) electrons. The van der Waals surface area contributed by atoms with Crippen molar-refractivity contribution in [3.63, 3.8) is 0 Å². The van der Waals surface area contributed by atoms with Crippen LogP contribution in [-0.2, 0) is 4.74 Å². The Balaban J connectivity index is 1.39. The number of rotatable bonds is 4. The van der Waals surface area contributed by atoms with E-state index in [9.17, 15) is 0 Å². The minimum absolute atomic E-state index is 0.107. The first-order valence-electron chi connectivity index (χ1n) is 10.4. The maximum atomic E-state index is 5.56. The molecule has 0 saturated carbocycles. The number of benzene rings is 1. The molecule has 0 amide bonds. The number of morpholine rings is 1. The summed E-state index contributed by atoms with van der Waals surface area (Å²) in [5.41, 5.74) is 7.08. The van der Waals surface area contributed by atoms with Crippen LogP contribution in [0, 0.1) is 0 Å². The van der Waals surface area contributed by atoms with Gasteiger partial charge >= 0.3 is 0 Å². The van der Waals surface area contributed by atoms with Crippen LogP contribution in [0.2, 0.25) is 0 Å². The van der Waals surface area contributed by atoms with Crippen molar-refractivity contribution in [2.75, 3.05) is 36.2 Å². The van der Waals surface area contributed by atoms with E-state index >= 15 is 0 Å². The molecule has 2 N–H and O–H groups in total. The highest BCUT2D eigenvalue weighted by Gasteiger charge is 2.23. The second-order valence-electron chi connectivity index (χ2n) is 7.56. The summed E-state index contributed by atoms with van der Waals surface area (Å²) >= 11 is 0. The largest absolute Gasteiger partial charge is 0.378 e. The van der Waals surface area contributed by atoms with Crippen molar-refractivity contribution in [2.24, 2.45) is 0 Å². The number of hydrogen-bond acceptors (Lipinski definition) is 7. The van der Waals surface area contributed by atoms with E-state index in [-0.39, 0.29) is 6.04 Å². The van der Waals surface area contributed by atoms with E-state index in [1.807, 2.05) is 33.9 Å². The maximum absolute atomic E-state index is 5.56. The second-order valence-corrected chi connectivity index (χ2v) is 7.56. The van der Waals surface area contributed by atoms with Gasteiger partial charge in [-0.2, -0.15) is 14.7 Å². The number of nitrogens with zero attached hydrogens (tertiary/aromatic N) is 6. The molecule has 31 heavy (non-hydrogen) atoms. The average molecular weight is 414 g/mol. The molecule has 156 valence electrons. The van der Waals surface area contributed by atoms with Crippen molar-refractivity contribution in [1.82, 2.24) is 30.2 Å². The molecule has 1 fully saturated rings.